The zero-order valence-corrected chi connectivity index (χ0v) is 22.1. The van der Waals surface area contributed by atoms with Crippen LogP contribution < -0.4 is 15.4 Å². The first-order valence-electron chi connectivity index (χ1n) is 12.0. The Morgan fingerprint density at radius 1 is 0.909 bits per heavy atom. The second kappa shape index (κ2) is 9.85. The number of anilines is 2. The molecule has 0 unspecified atom stereocenters. The van der Waals surface area contributed by atoms with E-state index in [4.69, 9.17) is 4.74 Å². The third kappa shape index (κ3) is 4.80. The van der Waals surface area contributed by atoms with Crippen LogP contribution in [0.2, 0.25) is 0 Å². The number of methoxy groups -OCH3 is 1. The van der Waals surface area contributed by atoms with Gasteiger partial charge in [-0.3, -0.25) is 0 Å². The van der Waals surface area contributed by atoms with Crippen LogP contribution in [0.3, 0.4) is 0 Å². The van der Waals surface area contributed by atoms with E-state index < -0.39 is 7.26 Å². The molecule has 1 fully saturated rings. The summed E-state index contributed by atoms with van der Waals surface area (Å²) in [7, 11) is -0.580. The molecule has 2 amide bonds. The van der Waals surface area contributed by atoms with E-state index in [0.717, 1.165) is 64.5 Å². The van der Waals surface area contributed by atoms with Crippen molar-refractivity contribution in [3.63, 3.8) is 0 Å². The summed E-state index contributed by atoms with van der Waals surface area (Å²) in [4.78, 5) is 27.0. The Morgan fingerprint density at radius 3 is 1.88 bits per heavy atom. The molecule has 0 bridgehead atoms. The van der Waals surface area contributed by atoms with Crippen LogP contribution in [-0.2, 0) is 9.59 Å². The molecule has 2 N–H and O–H groups in total. The van der Waals surface area contributed by atoms with Crippen LogP contribution in [0.1, 0.15) is 48.9 Å². The summed E-state index contributed by atoms with van der Waals surface area (Å²) in [5, 5.41) is 6.05. The van der Waals surface area contributed by atoms with Gasteiger partial charge in [-0.15, -0.1) is 0 Å². The van der Waals surface area contributed by atoms with E-state index in [1.165, 1.54) is 0 Å². The van der Waals surface area contributed by atoms with Gasteiger partial charge in [0.25, 0.3) is 0 Å². The quantitative estimate of drug-likeness (QED) is 0.453. The monoisotopic (exact) mass is 470 g/mol. The molecule has 0 saturated heterocycles. The van der Waals surface area contributed by atoms with Gasteiger partial charge in [0.1, 0.15) is 0 Å². The summed E-state index contributed by atoms with van der Waals surface area (Å²) in [6, 6.07) is 9.93. The van der Waals surface area contributed by atoms with Gasteiger partial charge in [0, 0.05) is 0 Å². The number of hydrogen-bond donors (Lipinski definition) is 2. The number of nitrogens with one attached hydrogen (secondary N) is 2. The van der Waals surface area contributed by atoms with E-state index in [2.05, 4.69) is 24.5 Å². The van der Waals surface area contributed by atoms with E-state index in [1.54, 1.807) is 7.11 Å². The Morgan fingerprint density at radius 2 is 1.42 bits per heavy atom. The van der Waals surface area contributed by atoms with E-state index in [-0.39, 0.29) is 17.0 Å². The molecule has 0 aromatic heterocycles. The Balaban J connectivity index is 1.84. The van der Waals surface area contributed by atoms with E-state index >= 15 is 0 Å². The van der Waals surface area contributed by atoms with Crippen LogP contribution in [0.15, 0.2) is 30.3 Å². The molecule has 0 atom stereocenters. The minimum absolute atomic E-state index is 0.0404. The first-order valence-corrected chi connectivity index (χ1v) is 14.6. The number of rotatable bonds is 9. The number of ether oxygens (including phenoxy) is 1. The third-order valence-corrected chi connectivity index (χ3v) is 14.2. The predicted octanol–water partition coefficient (Wildman–Crippen LogP) is 5.83. The van der Waals surface area contributed by atoms with Gasteiger partial charge in [0.2, 0.25) is 0 Å². The van der Waals surface area contributed by atoms with Crippen LogP contribution in [0.4, 0.5) is 11.4 Å². The zero-order chi connectivity index (χ0) is 24.4. The second-order valence-corrected chi connectivity index (χ2v) is 14.9. The predicted molar refractivity (Wildman–Crippen MR) is 142 cm³/mol. The first kappa shape index (κ1) is 25.2. The molecule has 0 heterocycles. The van der Waals surface area contributed by atoms with Crippen LogP contribution >= 0.6 is 7.26 Å². The van der Waals surface area contributed by atoms with Gasteiger partial charge < -0.3 is 0 Å². The number of aryl methyl sites for hydroxylation is 4. The first-order chi connectivity index (χ1) is 15.6. The Hall–Kier alpha value is -2.39. The molecular weight excluding hydrogens is 431 g/mol. The number of carbonyl (C=O) groups excluding carboxylic acids is 2. The summed E-state index contributed by atoms with van der Waals surface area (Å²) in [5.41, 5.74) is 5.87. The van der Waals surface area contributed by atoms with Gasteiger partial charge in [-0.1, -0.05) is 0 Å². The van der Waals surface area contributed by atoms with Crippen molar-refractivity contribution in [2.75, 3.05) is 36.2 Å². The van der Waals surface area contributed by atoms with Gasteiger partial charge in [-0.05, 0) is 0 Å². The van der Waals surface area contributed by atoms with E-state index in [9.17, 15) is 9.59 Å². The van der Waals surface area contributed by atoms with Crippen molar-refractivity contribution in [2.24, 2.45) is 0 Å². The standard InChI is InChI=1S/C27H39N2O3P/c1-8-33(9-2,17-23(30)28-24-18(3)11-10-12-19(24)4)27(13-14-27)26(31)29-25-20(5)15-22(32-7)16-21(25)6/h10-12,15-16,33H,8-9,13-14,17H2,1-7H3,(H,28,30)(H,29,31). The molecule has 0 aliphatic heterocycles. The molecule has 2 aromatic carbocycles. The average molecular weight is 471 g/mol. The summed E-state index contributed by atoms with van der Waals surface area (Å²) >= 11 is 0. The molecule has 1 aliphatic carbocycles. The molecule has 180 valence electrons. The fraction of sp³-hybridized carbons (Fsp3) is 0.481. The van der Waals surface area contributed by atoms with Gasteiger partial charge in [0.05, 0.1) is 0 Å². The molecule has 2 aromatic rings. The molecule has 5 nitrogen and oxygen atoms in total. The van der Waals surface area contributed by atoms with Gasteiger partial charge in [0.15, 0.2) is 0 Å². The second-order valence-electron chi connectivity index (χ2n) is 9.65. The molecule has 1 aliphatic rings. The van der Waals surface area contributed by atoms with Crippen molar-refractivity contribution in [1.82, 2.24) is 0 Å². The normalized spacial score (nSPS) is 15.0. The van der Waals surface area contributed by atoms with Crippen LogP contribution in [0.5, 0.6) is 5.75 Å². The van der Waals surface area contributed by atoms with Crippen molar-refractivity contribution in [3.05, 3.63) is 52.6 Å². The molecule has 0 radical (unpaired) electrons. The van der Waals surface area contributed by atoms with Crippen molar-refractivity contribution >= 4 is 30.5 Å². The zero-order valence-electron chi connectivity index (χ0n) is 21.1. The maximum absolute atomic E-state index is 13.7. The Bertz CT molecular complexity index is 1010. The molecule has 3 rings (SSSR count). The number of amides is 2. The molecule has 33 heavy (non-hydrogen) atoms. The number of hydrogen-bond acceptors (Lipinski definition) is 3. The maximum atomic E-state index is 13.7. The van der Waals surface area contributed by atoms with Gasteiger partial charge in [-0.2, -0.15) is 0 Å². The number of para-hydroxylation sites is 1. The molecular formula is C27H39N2O3P. The van der Waals surface area contributed by atoms with Gasteiger partial charge >= 0.3 is 199 Å². The SMILES string of the molecule is CC[PH](CC)(CC(=O)Nc1c(C)cccc1C)C1(C(=O)Nc2c(C)cc(OC)cc2C)CC1. The molecule has 6 heteroatoms. The third-order valence-electron chi connectivity index (χ3n) is 7.78. The molecule has 1 saturated carbocycles. The Labute approximate surface area is 199 Å². The van der Waals surface area contributed by atoms with Crippen molar-refractivity contribution in [3.8, 4) is 5.75 Å². The van der Waals surface area contributed by atoms with Crippen molar-refractivity contribution in [1.29, 1.82) is 0 Å². The fourth-order valence-corrected chi connectivity index (χ4v) is 10.6. The van der Waals surface area contributed by atoms with Crippen LogP contribution in [0.25, 0.3) is 0 Å². The molecule has 0 spiro atoms. The number of benzene rings is 2. The average Bonchev–Trinajstić information content (AvgIpc) is 3.59. The summed E-state index contributed by atoms with van der Waals surface area (Å²) in [6.45, 7) is 12.4. The van der Waals surface area contributed by atoms with Gasteiger partial charge in [-0.25, -0.2) is 0 Å². The fourth-order valence-electron chi connectivity index (χ4n) is 5.44. The van der Waals surface area contributed by atoms with E-state index in [1.807, 2.05) is 58.0 Å². The topological polar surface area (TPSA) is 67.4 Å². The van der Waals surface area contributed by atoms with Crippen LogP contribution in [0, 0.1) is 27.7 Å². The van der Waals surface area contributed by atoms with Crippen molar-refractivity contribution in [2.45, 2.75) is 59.5 Å². The van der Waals surface area contributed by atoms with E-state index in [0.29, 0.717) is 6.16 Å². The Kier molecular flexibility index (Phi) is 7.53. The summed E-state index contributed by atoms with van der Waals surface area (Å²) in [5.74, 6) is 0.922. The minimum atomic E-state index is -2.23. The van der Waals surface area contributed by atoms with Crippen LogP contribution in [-0.4, -0.2) is 42.6 Å². The summed E-state index contributed by atoms with van der Waals surface area (Å²) in [6.07, 6.45) is 4.05. The van der Waals surface area contributed by atoms with Crippen molar-refractivity contribution < 1.29 is 14.3 Å². The summed E-state index contributed by atoms with van der Waals surface area (Å²) < 4.78 is 5.36. The number of carbonyl (C=O) groups is 2.